The molecule has 1 aromatic heterocycles. The first-order chi connectivity index (χ1) is 8.58. The minimum Gasteiger partial charge on any atom is -0.507 e. The molecule has 3 heteroatoms. The molecule has 0 saturated carbocycles. The first-order valence-electron chi connectivity index (χ1n) is 6.08. The predicted octanol–water partition coefficient (Wildman–Crippen LogP) is 2.95. The highest BCUT2D eigenvalue weighted by atomic mass is 16.3. The summed E-state index contributed by atoms with van der Waals surface area (Å²) in [4.78, 5) is 14.9. The maximum atomic E-state index is 12.0. The van der Waals surface area contributed by atoms with Gasteiger partial charge in [-0.2, -0.15) is 0 Å². The Morgan fingerprint density at radius 3 is 2.44 bits per heavy atom. The van der Waals surface area contributed by atoms with Crippen LogP contribution in [0.25, 0.3) is 11.1 Å². The van der Waals surface area contributed by atoms with Crippen molar-refractivity contribution >= 4 is 0 Å². The van der Waals surface area contributed by atoms with E-state index in [1.807, 2.05) is 30.3 Å². The number of rotatable bonds is 3. The van der Waals surface area contributed by atoms with Crippen molar-refractivity contribution in [3.63, 3.8) is 0 Å². The molecule has 2 aromatic rings. The van der Waals surface area contributed by atoms with Crippen molar-refractivity contribution in [1.82, 2.24) is 4.98 Å². The zero-order chi connectivity index (χ0) is 13.1. The van der Waals surface area contributed by atoms with E-state index in [0.29, 0.717) is 11.5 Å². The van der Waals surface area contributed by atoms with E-state index in [0.717, 1.165) is 17.7 Å². The summed E-state index contributed by atoms with van der Waals surface area (Å²) in [6.45, 7) is 4.14. The van der Waals surface area contributed by atoms with Crippen LogP contribution in [0.1, 0.15) is 19.5 Å². The average molecular weight is 243 g/mol. The molecule has 0 atom stereocenters. The van der Waals surface area contributed by atoms with Crippen molar-refractivity contribution in [2.45, 2.75) is 20.3 Å². The molecule has 0 aliphatic heterocycles. The van der Waals surface area contributed by atoms with Gasteiger partial charge in [0.05, 0.1) is 5.56 Å². The molecular weight excluding hydrogens is 226 g/mol. The van der Waals surface area contributed by atoms with E-state index < -0.39 is 0 Å². The Bertz CT molecular complexity index is 585. The molecule has 0 amide bonds. The van der Waals surface area contributed by atoms with Gasteiger partial charge >= 0.3 is 0 Å². The fraction of sp³-hybridized carbons (Fsp3) is 0.267. The van der Waals surface area contributed by atoms with Crippen molar-refractivity contribution in [2.75, 3.05) is 0 Å². The third-order valence-corrected chi connectivity index (χ3v) is 2.76. The zero-order valence-electron chi connectivity index (χ0n) is 10.6. The number of hydrogen-bond donors (Lipinski definition) is 2. The second-order valence-electron chi connectivity index (χ2n) is 4.85. The second kappa shape index (κ2) is 5.08. The van der Waals surface area contributed by atoms with Crippen LogP contribution in [0.5, 0.6) is 5.75 Å². The lowest BCUT2D eigenvalue weighted by molar-refractivity contribution is 0.473. The molecule has 1 aromatic carbocycles. The highest BCUT2D eigenvalue weighted by Crippen LogP contribution is 2.25. The molecule has 0 spiro atoms. The SMILES string of the molecule is CC(C)Cc1cc(O)c(-c2ccccc2)c(=O)[nH]1. The Kier molecular flexibility index (Phi) is 3.51. The Morgan fingerprint density at radius 1 is 1.22 bits per heavy atom. The molecule has 2 N–H and O–H groups in total. The quantitative estimate of drug-likeness (QED) is 0.870. The lowest BCUT2D eigenvalue weighted by Crippen LogP contribution is -2.13. The molecule has 18 heavy (non-hydrogen) atoms. The molecule has 3 nitrogen and oxygen atoms in total. The van der Waals surface area contributed by atoms with Crippen LogP contribution >= 0.6 is 0 Å². The van der Waals surface area contributed by atoms with Crippen LogP contribution in [-0.2, 0) is 6.42 Å². The average Bonchev–Trinajstić information content (AvgIpc) is 2.28. The summed E-state index contributed by atoms with van der Waals surface area (Å²) in [6.07, 6.45) is 0.748. The highest BCUT2D eigenvalue weighted by Gasteiger charge is 2.11. The molecule has 2 rings (SSSR count). The number of nitrogens with one attached hydrogen (secondary N) is 1. The largest absolute Gasteiger partial charge is 0.507 e. The number of benzene rings is 1. The van der Waals surface area contributed by atoms with Gasteiger partial charge in [0, 0.05) is 11.8 Å². The van der Waals surface area contributed by atoms with E-state index in [4.69, 9.17) is 0 Å². The minimum absolute atomic E-state index is 0.0422. The smallest absolute Gasteiger partial charge is 0.259 e. The molecule has 0 aliphatic rings. The molecular formula is C15H17NO2. The molecule has 0 radical (unpaired) electrons. The van der Waals surface area contributed by atoms with Gasteiger partial charge in [-0.3, -0.25) is 4.79 Å². The summed E-state index contributed by atoms with van der Waals surface area (Å²) >= 11 is 0. The third kappa shape index (κ3) is 2.62. The van der Waals surface area contributed by atoms with Crippen LogP contribution < -0.4 is 5.56 Å². The van der Waals surface area contributed by atoms with Gasteiger partial charge in [0.1, 0.15) is 5.75 Å². The zero-order valence-corrected chi connectivity index (χ0v) is 10.6. The van der Waals surface area contributed by atoms with E-state index in [-0.39, 0.29) is 11.3 Å². The summed E-state index contributed by atoms with van der Waals surface area (Å²) in [5.41, 5.74) is 1.60. The van der Waals surface area contributed by atoms with Gasteiger partial charge in [-0.25, -0.2) is 0 Å². The predicted molar refractivity (Wildman–Crippen MR) is 72.7 cm³/mol. The lowest BCUT2D eigenvalue weighted by Gasteiger charge is -2.08. The number of H-pyrrole nitrogens is 1. The van der Waals surface area contributed by atoms with E-state index in [9.17, 15) is 9.90 Å². The topological polar surface area (TPSA) is 53.1 Å². The van der Waals surface area contributed by atoms with Crippen molar-refractivity contribution in [3.8, 4) is 16.9 Å². The first kappa shape index (κ1) is 12.4. The molecule has 0 fully saturated rings. The Morgan fingerprint density at radius 2 is 1.89 bits per heavy atom. The molecule has 0 bridgehead atoms. The monoisotopic (exact) mass is 243 g/mol. The van der Waals surface area contributed by atoms with Crippen molar-refractivity contribution < 1.29 is 5.11 Å². The Labute approximate surface area is 106 Å². The van der Waals surface area contributed by atoms with E-state index in [1.54, 1.807) is 6.07 Å². The molecule has 0 saturated heterocycles. The lowest BCUT2D eigenvalue weighted by atomic mass is 10.0. The van der Waals surface area contributed by atoms with E-state index >= 15 is 0 Å². The number of aromatic amines is 1. The summed E-state index contributed by atoms with van der Waals surface area (Å²) in [5.74, 6) is 0.475. The van der Waals surface area contributed by atoms with Gasteiger partial charge in [0.2, 0.25) is 0 Å². The van der Waals surface area contributed by atoms with Gasteiger partial charge in [0.15, 0.2) is 0 Å². The van der Waals surface area contributed by atoms with Crippen molar-refractivity contribution in [1.29, 1.82) is 0 Å². The van der Waals surface area contributed by atoms with E-state index in [2.05, 4.69) is 18.8 Å². The van der Waals surface area contributed by atoms with Gasteiger partial charge in [-0.1, -0.05) is 44.2 Å². The second-order valence-corrected chi connectivity index (χ2v) is 4.85. The van der Waals surface area contributed by atoms with Crippen molar-refractivity contribution in [2.24, 2.45) is 5.92 Å². The number of hydrogen-bond acceptors (Lipinski definition) is 2. The Hall–Kier alpha value is -2.03. The normalized spacial score (nSPS) is 10.8. The van der Waals surface area contributed by atoms with Gasteiger partial charge in [-0.05, 0) is 17.9 Å². The van der Waals surface area contributed by atoms with Crippen LogP contribution in [0.3, 0.4) is 0 Å². The van der Waals surface area contributed by atoms with Gasteiger partial charge in [0.25, 0.3) is 5.56 Å². The maximum absolute atomic E-state index is 12.0. The maximum Gasteiger partial charge on any atom is 0.259 e. The number of pyridine rings is 1. The molecule has 0 aliphatic carbocycles. The van der Waals surface area contributed by atoms with Gasteiger partial charge < -0.3 is 10.1 Å². The van der Waals surface area contributed by atoms with Crippen LogP contribution in [0.4, 0.5) is 0 Å². The number of aromatic hydroxyl groups is 1. The van der Waals surface area contributed by atoms with E-state index in [1.165, 1.54) is 0 Å². The summed E-state index contributed by atoms with van der Waals surface area (Å²) in [5, 5.41) is 10.0. The van der Waals surface area contributed by atoms with Gasteiger partial charge in [-0.15, -0.1) is 0 Å². The molecule has 0 unspecified atom stereocenters. The standard InChI is InChI=1S/C15H17NO2/c1-10(2)8-12-9-13(17)14(15(18)16-12)11-6-4-3-5-7-11/h3-7,9-10H,8H2,1-2H3,(H2,16,17,18). The summed E-state index contributed by atoms with van der Waals surface area (Å²) < 4.78 is 0. The minimum atomic E-state index is -0.239. The van der Waals surface area contributed by atoms with Crippen LogP contribution in [0, 0.1) is 5.92 Å². The molecule has 1 heterocycles. The molecule has 94 valence electrons. The summed E-state index contributed by atoms with van der Waals surface area (Å²) in [6, 6.07) is 10.8. The van der Waals surface area contributed by atoms with Crippen LogP contribution in [0.15, 0.2) is 41.2 Å². The fourth-order valence-corrected chi connectivity index (χ4v) is 2.03. The third-order valence-electron chi connectivity index (χ3n) is 2.76. The highest BCUT2D eigenvalue weighted by molar-refractivity contribution is 5.68. The van der Waals surface area contributed by atoms with Crippen molar-refractivity contribution in [3.05, 3.63) is 52.4 Å². The van der Waals surface area contributed by atoms with Crippen LogP contribution in [-0.4, -0.2) is 10.1 Å². The van der Waals surface area contributed by atoms with Crippen LogP contribution in [0.2, 0.25) is 0 Å². The Balaban J connectivity index is 2.49. The first-order valence-corrected chi connectivity index (χ1v) is 6.08. The summed E-state index contributed by atoms with van der Waals surface area (Å²) in [7, 11) is 0. The fourth-order valence-electron chi connectivity index (χ4n) is 2.03. The number of aromatic nitrogens is 1.